The maximum Gasteiger partial charge on any atom is 0.101 e. The summed E-state index contributed by atoms with van der Waals surface area (Å²) in [6.07, 6.45) is 14.6. The van der Waals surface area contributed by atoms with Gasteiger partial charge in [-0.15, -0.1) is 56.7 Å². The number of nitrogens with zero attached hydrogens (tertiary/aromatic N) is 2. The van der Waals surface area contributed by atoms with Gasteiger partial charge in [0.2, 0.25) is 0 Å². The van der Waals surface area contributed by atoms with Gasteiger partial charge in [-0.1, -0.05) is 6.07 Å². The third-order valence-corrected chi connectivity index (χ3v) is 16.3. The summed E-state index contributed by atoms with van der Waals surface area (Å²) >= 11 is 10.8. The molecular formula is C73H96N2O5S6. The lowest BCUT2D eigenvalue weighted by atomic mass is 10.3. The molecule has 7 nitrogen and oxygen atoms in total. The molecule has 0 saturated heterocycles. The molecule has 0 N–H and O–H groups in total. The van der Waals surface area contributed by atoms with Gasteiger partial charge in [-0.25, -0.2) is 0 Å². The lowest BCUT2D eigenvalue weighted by molar-refractivity contribution is 0.504. The van der Waals surface area contributed by atoms with Gasteiger partial charge in [0.1, 0.15) is 28.8 Å². The summed E-state index contributed by atoms with van der Waals surface area (Å²) in [4.78, 5) is 8.42. The maximum atomic E-state index is 5.08. The average molecular weight is 1270 g/mol. The van der Waals surface area contributed by atoms with Crippen molar-refractivity contribution in [3.05, 3.63) is 300 Å². The number of furan rings is 5. The van der Waals surface area contributed by atoms with E-state index in [0.29, 0.717) is 0 Å². The van der Waals surface area contributed by atoms with Gasteiger partial charge in [0.25, 0.3) is 0 Å². The number of aryl methyl sites for hydroxylation is 21. The highest BCUT2D eigenvalue weighted by Crippen LogP contribution is 2.14. The monoisotopic (exact) mass is 1270 g/mol. The van der Waals surface area contributed by atoms with Crippen LogP contribution in [0.1, 0.15) is 103 Å². The van der Waals surface area contributed by atoms with Crippen molar-refractivity contribution in [3.63, 3.8) is 0 Å². The van der Waals surface area contributed by atoms with Gasteiger partial charge in [0.05, 0.1) is 31.3 Å². The smallest absolute Gasteiger partial charge is 0.101 e. The van der Waals surface area contributed by atoms with Crippen molar-refractivity contribution in [2.24, 2.45) is 14.1 Å². The van der Waals surface area contributed by atoms with Gasteiger partial charge in [-0.2, -0.15) is 11.3 Å². The predicted molar refractivity (Wildman–Crippen MR) is 380 cm³/mol. The normalized spacial score (nSPS) is 9.22. The summed E-state index contributed by atoms with van der Waals surface area (Å²) in [5, 5.41) is 12.7. The zero-order chi connectivity index (χ0) is 64.2. The Hall–Kier alpha value is -6.84. The Kier molecular flexibility index (Phi) is 41.6. The van der Waals surface area contributed by atoms with Gasteiger partial charge in [-0.05, 0) is 312 Å². The first-order valence-electron chi connectivity index (χ1n) is 28.1. The van der Waals surface area contributed by atoms with Crippen LogP contribution in [-0.2, 0) is 14.1 Å². The average Bonchev–Trinajstić information content (AvgIpc) is 4.26. The fourth-order valence-electron chi connectivity index (χ4n) is 6.21. The summed E-state index contributed by atoms with van der Waals surface area (Å²) in [6, 6.07) is 38.8. The Morgan fingerprint density at radius 1 is 0.349 bits per heavy atom. The van der Waals surface area contributed by atoms with Crippen molar-refractivity contribution in [3.8, 4) is 0 Å². The highest BCUT2D eigenvalue weighted by atomic mass is 32.1. The minimum atomic E-state index is 0.968. The molecule has 0 fully saturated rings. The van der Waals surface area contributed by atoms with E-state index in [0.717, 1.165) is 28.8 Å². The highest BCUT2D eigenvalue weighted by Gasteiger charge is 1.90. The van der Waals surface area contributed by atoms with Crippen LogP contribution in [0.25, 0.3) is 0 Å². The molecule has 0 aliphatic carbocycles. The molecule has 0 saturated carbocycles. The summed E-state index contributed by atoms with van der Waals surface area (Å²) in [7, 11) is 4.04. The summed E-state index contributed by atoms with van der Waals surface area (Å²) in [5.41, 5.74) is 10.4. The van der Waals surface area contributed by atoms with Crippen molar-refractivity contribution in [1.29, 1.82) is 0 Å². The van der Waals surface area contributed by atoms with E-state index in [1.165, 1.54) is 73.9 Å². The molecule has 13 aromatic heterocycles. The zero-order valence-electron chi connectivity index (χ0n) is 54.9. The Balaban J connectivity index is 0.000000466. The van der Waals surface area contributed by atoms with Crippen molar-refractivity contribution >= 4 is 68.0 Å². The van der Waals surface area contributed by atoms with Gasteiger partial charge in [0, 0.05) is 67.6 Å². The molecule has 13 heterocycles. The second kappa shape index (κ2) is 46.4. The minimum Gasteiger partial charge on any atom is -0.472 e. The second-order valence-corrected chi connectivity index (χ2v) is 26.8. The Labute approximate surface area is 541 Å². The SMILES string of the molecule is Cc1ccc(C)o1.Cc1ccc(C)s1.Cc1cccn1C.Cc1ccco1.Cc1cccs1.Cc1ccoc1.Cc1ccsc1.Cc1ccsc1C.Cc1coc(C)c1.Cc1coc(C)c1.Cc1csc(C)c1.Cc1csc(C)c1.Cn1cccc1. The minimum absolute atomic E-state index is 0.968. The molecule has 13 aromatic rings. The molecule has 0 radical (unpaired) electrons. The molecule has 0 bridgehead atoms. The van der Waals surface area contributed by atoms with E-state index in [4.69, 9.17) is 22.1 Å². The number of rotatable bonds is 0. The van der Waals surface area contributed by atoms with E-state index in [2.05, 4.69) is 168 Å². The first-order valence-corrected chi connectivity index (χ1v) is 33.4. The number of hydrogen-bond donors (Lipinski definition) is 0. The first-order chi connectivity index (χ1) is 40.8. The lowest BCUT2D eigenvalue weighted by Gasteiger charge is -1.89. The van der Waals surface area contributed by atoms with E-state index < -0.39 is 0 Å². The van der Waals surface area contributed by atoms with Crippen LogP contribution < -0.4 is 0 Å². The molecule has 0 unspecified atom stereocenters. The van der Waals surface area contributed by atoms with Crippen molar-refractivity contribution < 1.29 is 22.1 Å². The highest BCUT2D eigenvalue weighted by molar-refractivity contribution is 7.12. The molecule has 464 valence electrons. The van der Waals surface area contributed by atoms with E-state index in [1.54, 1.807) is 88.0 Å². The van der Waals surface area contributed by atoms with Gasteiger partial charge in [0.15, 0.2) is 0 Å². The van der Waals surface area contributed by atoms with Crippen molar-refractivity contribution in [2.75, 3.05) is 0 Å². The van der Waals surface area contributed by atoms with E-state index in [1.807, 2.05) is 165 Å². The van der Waals surface area contributed by atoms with E-state index >= 15 is 0 Å². The first kappa shape index (κ1) is 77.2. The maximum absolute atomic E-state index is 5.08. The molecule has 13 heteroatoms. The van der Waals surface area contributed by atoms with Crippen LogP contribution in [-0.4, -0.2) is 9.13 Å². The summed E-state index contributed by atoms with van der Waals surface area (Å²) in [5.74, 6) is 4.90. The van der Waals surface area contributed by atoms with Crippen LogP contribution in [0.5, 0.6) is 0 Å². The third kappa shape index (κ3) is 42.9. The second-order valence-electron chi connectivity index (χ2n) is 20.1. The molecule has 13 rings (SSSR count). The topological polar surface area (TPSA) is 75.6 Å². The van der Waals surface area contributed by atoms with Gasteiger partial charge in [-0.3, -0.25) is 0 Å². The Bertz CT molecular complexity index is 2850. The summed E-state index contributed by atoms with van der Waals surface area (Å²) in [6.45, 7) is 38.9. The standard InChI is InChI=1S/C6H9N.3C6H8O.4C6H8S.C5H7N.2C5H6O.2C5H6S/c1-6-4-3-5-7(6)2;2*1-5-3-6(2)7-4-5;1-5-3-4-6(2)7-5;2*1-5-3-6(2)7-4-5;1-5-3-4-7-6(5)2;1-5-3-4-6(2)7-5;1-6-4-2-3-5-6;1-5-2-3-6-4-5;1-5-3-2-4-6-5;1-5-2-3-6-4-5;1-5-3-2-4-6-5/h3-5H,1-2H3;7*3-4H,1-2H3;2-5H,1H3;4*2-4H,1H3. The quantitative estimate of drug-likeness (QED) is 0.151. The largest absolute Gasteiger partial charge is 0.472 e. The zero-order valence-corrected chi connectivity index (χ0v) is 59.8. The predicted octanol–water partition coefficient (Wildman–Crippen LogP) is 24.8. The van der Waals surface area contributed by atoms with E-state index in [9.17, 15) is 0 Å². The molecule has 0 spiro atoms. The van der Waals surface area contributed by atoms with E-state index in [-0.39, 0.29) is 0 Å². The van der Waals surface area contributed by atoms with Crippen LogP contribution in [0, 0.1) is 132 Å². The van der Waals surface area contributed by atoms with Crippen LogP contribution in [0.2, 0.25) is 0 Å². The van der Waals surface area contributed by atoms with Crippen LogP contribution in [0.4, 0.5) is 0 Å². The summed E-state index contributed by atoms with van der Waals surface area (Å²) < 4.78 is 28.6. The molecule has 0 atom stereocenters. The Morgan fingerprint density at radius 3 is 1.05 bits per heavy atom. The molecule has 86 heavy (non-hydrogen) atoms. The fourth-order valence-corrected chi connectivity index (χ4v) is 10.3. The van der Waals surface area contributed by atoms with Crippen LogP contribution >= 0.6 is 68.0 Å². The molecule has 0 aliphatic rings. The molecular weight excluding hydrogens is 1180 g/mol. The molecule has 0 aliphatic heterocycles. The fraction of sp³-hybridized carbons (Fsp3) is 0.288. The Morgan fingerprint density at radius 2 is 0.919 bits per heavy atom. The van der Waals surface area contributed by atoms with Crippen LogP contribution in [0.3, 0.4) is 0 Å². The third-order valence-electron chi connectivity index (χ3n) is 10.9. The lowest BCUT2D eigenvalue weighted by Crippen LogP contribution is -1.84. The van der Waals surface area contributed by atoms with Crippen LogP contribution in [0.15, 0.2) is 220 Å². The molecule has 0 amide bonds. The van der Waals surface area contributed by atoms with Gasteiger partial charge < -0.3 is 31.2 Å². The van der Waals surface area contributed by atoms with Crippen molar-refractivity contribution in [1.82, 2.24) is 9.13 Å². The number of thiophene rings is 6. The van der Waals surface area contributed by atoms with Crippen molar-refractivity contribution in [2.45, 2.75) is 132 Å². The number of hydrogen-bond acceptors (Lipinski definition) is 11. The number of aromatic nitrogens is 2. The van der Waals surface area contributed by atoms with Gasteiger partial charge >= 0.3 is 0 Å². The molecule has 0 aromatic carbocycles.